The molecule has 2 N–H and O–H groups in total. The number of nitrogens with two attached hydrogens (primary N) is 1. The fourth-order valence-corrected chi connectivity index (χ4v) is 1.71. The van der Waals surface area contributed by atoms with Gasteiger partial charge in [-0.25, -0.2) is 9.97 Å². The molecule has 0 bridgehead atoms. The lowest BCUT2D eigenvalue weighted by Crippen LogP contribution is -2.50. The van der Waals surface area contributed by atoms with Crippen LogP contribution in [0.5, 0.6) is 5.88 Å². The smallest absolute Gasteiger partial charge is 0.218 e. The van der Waals surface area contributed by atoms with Crippen molar-refractivity contribution in [3.05, 3.63) is 12.4 Å². The van der Waals surface area contributed by atoms with Crippen LogP contribution in [0.2, 0.25) is 0 Å². The molecule has 0 radical (unpaired) electrons. The zero-order chi connectivity index (χ0) is 11.5. The first kappa shape index (κ1) is 11.1. The summed E-state index contributed by atoms with van der Waals surface area (Å²) in [5.41, 5.74) is 5.59. The number of ether oxygens (including phenoxy) is 1. The molecule has 2 rings (SSSR count). The summed E-state index contributed by atoms with van der Waals surface area (Å²) in [5.74, 6) is 2.16. The molecule has 0 aliphatic carbocycles. The van der Waals surface area contributed by atoms with Gasteiger partial charge < -0.3 is 15.4 Å². The topological polar surface area (TPSA) is 64.3 Å². The van der Waals surface area contributed by atoms with Gasteiger partial charge in [0, 0.05) is 25.1 Å². The quantitative estimate of drug-likeness (QED) is 0.810. The highest BCUT2D eigenvalue weighted by Gasteiger charge is 2.26. The Morgan fingerprint density at radius 2 is 2.25 bits per heavy atom. The Morgan fingerprint density at radius 3 is 2.88 bits per heavy atom. The van der Waals surface area contributed by atoms with Crippen LogP contribution in [0.3, 0.4) is 0 Å². The minimum Gasteiger partial charge on any atom is -0.475 e. The van der Waals surface area contributed by atoms with Gasteiger partial charge >= 0.3 is 0 Å². The highest BCUT2D eigenvalue weighted by molar-refractivity contribution is 5.43. The van der Waals surface area contributed by atoms with Crippen LogP contribution in [-0.4, -0.2) is 35.7 Å². The van der Waals surface area contributed by atoms with E-state index in [0.29, 0.717) is 11.8 Å². The van der Waals surface area contributed by atoms with Crippen LogP contribution in [-0.2, 0) is 0 Å². The summed E-state index contributed by atoms with van der Waals surface area (Å²) in [4.78, 5) is 10.5. The van der Waals surface area contributed by atoms with Gasteiger partial charge in [0.05, 0.1) is 6.10 Å². The molecule has 1 saturated heterocycles. The Kier molecular flexibility index (Phi) is 3.24. The van der Waals surface area contributed by atoms with Crippen molar-refractivity contribution in [3.63, 3.8) is 0 Å². The van der Waals surface area contributed by atoms with Crippen LogP contribution >= 0.6 is 0 Å². The molecule has 16 heavy (non-hydrogen) atoms. The Balaban J connectivity index is 2.00. The van der Waals surface area contributed by atoms with E-state index in [-0.39, 0.29) is 6.10 Å². The summed E-state index contributed by atoms with van der Waals surface area (Å²) < 4.78 is 5.52. The lowest BCUT2D eigenvalue weighted by atomic mass is 10.0. The van der Waals surface area contributed by atoms with Crippen LogP contribution in [0.1, 0.15) is 13.8 Å². The largest absolute Gasteiger partial charge is 0.475 e. The summed E-state index contributed by atoms with van der Waals surface area (Å²) in [6, 6.07) is 1.88. The Hall–Kier alpha value is -1.36. The fourth-order valence-electron chi connectivity index (χ4n) is 1.71. The third-order valence-electron chi connectivity index (χ3n) is 2.60. The summed E-state index contributed by atoms with van der Waals surface area (Å²) in [7, 11) is 0. The predicted molar refractivity (Wildman–Crippen MR) is 62.6 cm³/mol. The molecule has 1 fully saturated rings. The lowest BCUT2D eigenvalue weighted by Gasteiger charge is -2.39. The second-order valence-electron chi connectivity index (χ2n) is 4.39. The van der Waals surface area contributed by atoms with E-state index in [4.69, 9.17) is 10.5 Å². The van der Waals surface area contributed by atoms with Gasteiger partial charge in [-0.15, -0.1) is 0 Å². The molecule has 0 spiro atoms. The highest BCUT2D eigenvalue weighted by Crippen LogP contribution is 2.24. The van der Waals surface area contributed by atoms with E-state index in [1.807, 2.05) is 19.9 Å². The van der Waals surface area contributed by atoms with E-state index in [0.717, 1.165) is 25.5 Å². The number of rotatable bonds is 4. The monoisotopic (exact) mass is 222 g/mol. The van der Waals surface area contributed by atoms with Crippen LogP contribution in [0, 0.1) is 5.92 Å². The average Bonchev–Trinajstić information content (AvgIpc) is 2.15. The van der Waals surface area contributed by atoms with Crippen LogP contribution in [0.4, 0.5) is 5.82 Å². The molecular weight excluding hydrogens is 204 g/mol. The first-order valence-electron chi connectivity index (χ1n) is 5.62. The highest BCUT2D eigenvalue weighted by atomic mass is 16.5. The van der Waals surface area contributed by atoms with Crippen molar-refractivity contribution in [2.45, 2.75) is 20.0 Å². The standard InChI is InChI=1S/C11H18N4O/c1-8(2)16-11-3-10(13-7-14-11)15-5-9(4-12)6-15/h3,7-9H,4-6,12H2,1-2H3. The summed E-state index contributed by atoms with van der Waals surface area (Å²) in [6.07, 6.45) is 1.68. The van der Waals surface area contributed by atoms with E-state index in [2.05, 4.69) is 14.9 Å². The second-order valence-corrected chi connectivity index (χ2v) is 4.39. The Morgan fingerprint density at radius 1 is 1.50 bits per heavy atom. The summed E-state index contributed by atoms with van der Waals surface area (Å²) in [6.45, 7) is 6.67. The molecule has 0 saturated carbocycles. The first-order valence-corrected chi connectivity index (χ1v) is 5.62. The molecular formula is C11H18N4O. The molecule has 1 aromatic heterocycles. The molecule has 0 aromatic carbocycles. The van der Waals surface area contributed by atoms with Crippen LogP contribution < -0.4 is 15.4 Å². The van der Waals surface area contributed by atoms with Gasteiger partial charge in [-0.05, 0) is 20.4 Å². The minimum atomic E-state index is 0.135. The zero-order valence-electron chi connectivity index (χ0n) is 9.76. The van der Waals surface area contributed by atoms with Gasteiger partial charge in [0.1, 0.15) is 12.1 Å². The van der Waals surface area contributed by atoms with Gasteiger partial charge in [-0.3, -0.25) is 0 Å². The maximum absolute atomic E-state index is 5.59. The van der Waals surface area contributed by atoms with Crippen LogP contribution in [0.15, 0.2) is 12.4 Å². The molecule has 0 amide bonds. The van der Waals surface area contributed by atoms with E-state index in [1.54, 1.807) is 6.33 Å². The molecule has 0 atom stereocenters. The molecule has 88 valence electrons. The number of hydrogen-bond acceptors (Lipinski definition) is 5. The number of anilines is 1. The van der Waals surface area contributed by atoms with E-state index in [1.165, 1.54) is 0 Å². The van der Waals surface area contributed by atoms with Crippen LogP contribution in [0.25, 0.3) is 0 Å². The Bertz CT molecular complexity index is 350. The van der Waals surface area contributed by atoms with Crippen molar-refractivity contribution >= 4 is 5.82 Å². The third kappa shape index (κ3) is 2.41. The minimum absolute atomic E-state index is 0.135. The zero-order valence-corrected chi connectivity index (χ0v) is 9.76. The molecule has 1 aromatic rings. The van der Waals surface area contributed by atoms with Crippen molar-refractivity contribution in [2.75, 3.05) is 24.5 Å². The second kappa shape index (κ2) is 4.65. The maximum atomic E-state index is 5.59. The van der Waals surface area contributed by atoms with E-state index >= 15 is 0 Å². The van der Waals surface area contributed by atoms with E-state index < -0.39 is 0 Å². The predicted octanol–water partition coefficient (Wildman–Crippen LogP) is 0.659. The molecule has 5 heteroatoms. The summed E-state index contributed by atoms with van der Waals surface area (Å²) >= 11 is 0. The van der Waals surface area contributed by atoms with Gasteiger partial charge in [-0.2, -0.15) is 0 Å². The fraction of sp³-hybridized carbons (Fsp3) is 0.636. The van der Waals surface area contributed by atoms with Gasteiger partial charge in [0.15, 0.2) is 0 Å². The third-order valence-corrected chi connectivity index (χ3v) is 2.60. The first-order chi connectivity index (χ1) is 7.69. The molecule has 1 aliphatic heterocycles. The normalized spacial score (nSPS) is 16.4. The number of aromatic nitrogens is 2. The van der Waals surface area contributed by atoms with Crippen molar-refractivity contribution in [3.8, 4) is 5.88 Å². The van der Waals surface area contributed by atoms with Crippen molar-refractivity contribution in [2.24, 2.45) is 11.7 Å². The maximum Gasteiger partial charge on any atom is 0.218 e. The van der Waals surface area contributed by atoms with Gasteiger partial charge in [0.2, 0.25) is 5.88 Å². The van der Waals surface area contributed by atoms with Crippen molar-refractivity contribution in [1.82, 2.24) is 9.97 Å². The van der Waals surface area contributed by atoms with Gasteiger partial charge in [-0.1, -0.05) is 0 Å². The van der Waals surface area contributed by atoms with Gasteiger partial charge in [0.25, 0.3) is 0 Å². The van der Waals surface area contributed by atoms with E-state index in [9.17, 15) is 0 Å². The Labute approximate surface area is 95.6 Å². The average molecular weight is 222 g/mol. The molecule has 1 aliphatic rings. The molecule has 2 heterocycles. The number of hydrogen-bond donors (Lipinski definition) is 1. The van der Waals surface area contributed by atoms with Crippen molar-refractivity contribution < 1.29 is 4.74 Å². The molecule has 5 nitrogen and oxygen atoms in total. The molecule has 0 unspecified atom stereocenters. The lowest BCUT2D eigenvalue weighted by molar-refractivity contribution is 0.232. The SMILES string of the molecule is CC(C)Oc1cc(N2CC(CN)C2)ncn1. The summed E-state index contributed by atoms with van der Waals surface area (Å²) in [5, 5.41) is 0. The van der Waals surface area contributed by atoms with Crippen molar-refractivity contribution in [1.29, 1.82) is 0 Å². The number of nitrogens with zero attached hydrogens (tertiary/aromatic N) is 3.